The Kier molecular flexibility index (Phi) is 7.52. The van der Waals surface area contributed by atoms with Gasteiger partial charge in [0, 0.05) is 23.7 Å². The van der Waals surface area contributed by atoms with Crippen LogP contribution in [0.15, 0.2) is 48.5 Å². The summed E-state index contributed by atoms with van der Waals surface area (Å²) < 4.78 is 0. The lowest BCUT2D eigenvalue weighted by Gasteiger charge is -2.38. The van der Waals surface area contributed by atoms with Crippen LogP contribution >= 0.6 is 11.6 Å². The number of aryl methyl sites for hydroxylation is 1. The highest BCUT2D eigenvalue weighted by Gasteiger charge is 2.35. The van der Waals surface area contributed by atoms with Crippen LogP contribution in [-0.4, -0.2) is 36.1 Å². The van der Waals surface area contributed by atoms with Gasteiger partial charge in [0.2, 0.25) is 0 Å². The zero-order valence-corrected chi connectivity index (χ0v) is 19.2. The van der Waals surface area contributed by atoms with E-state index in [-0.39, 0.29) is 12.1 Å². The second kappa shape index (κ2) is 10.5. The first-order valence-corrected chi connectivity index (χ1v) is 12.0. The maximum Gasteiger partial charge on any atom is 0.315 e. The Morgan fingerprint density at radius 2 is 1.77 bits per heavy atom. The predicted molar refractivity (Wildman–Crippen MR) is 127 cm³/mol. The molecule has 2 aromatic carbocycles. The smallest absolute Gasteiger partial charge is 0.315 e. The lowest BCUT2D eigenvalue weighted by atomic mass is 9.89. The molecule has 0 radical (unpaired) electrons. The molecule has 0 unspecified atom stereocenters. The van der Waals surface area contributed by atoms with Crippen LogP contribution in [0.5, 0.6) is 0 Å². The minimum atomic E-state index is -0.0437. The van der Waals surface area contributed by atoms with Crippen LogP contribution in [0.3, 0.4) is 0 Å². The number of hydrogen-bond acceptors (Lipinski definition) is 2. The molecule has 4 nitrogen and oxygen atoms in total. The van der Waals surface area contributed by atoms with Crippen LogP contribution in [-0.2, 0) is 13.0 Å². The number of likely N-dealkylation sites (tertiary alicyclic amines) is 1. The molecular formula is C26H34ClN3O. The summed E-state index contributed by atoms with van der Waals surface area (Å²) in [5.74, 6) is 0.739. The SMILES string of the molecule is Cc1ccccc1CNC(=O)N[C@@H]1CCC[C@H]1N1CCC(Cc2ccc(Cl)cc2)CC1. The number of rotatable bonds is 6. The van der Waals surface area contributed by atoms with E-state index < -0.39 is 0 Å². The Balaban J connectivity index is 1.23. The Labute approximate surface area is 191 Å². The van der Waals surface area contributed by atoms with E-state index >= 15 is 0 Å². The molecule has 1 saturated heterocycles. The fourth-order valence-corrected chi connectivity index (χ4v) is 5.32. The molecule has 0 aromatic heterocycles. The van der Waals surface area contributed by atoms with Crippen molar-refractivity contribution in [2.75, 3.05) is 13.1 Å². The van der Waals surface area contributed by atoms with Crippen LogP contribution in [0.2, 0.25) is 5.02 Å². The van der Waals surface area contributed by atoms with Gasteiger partial charge in [-0.15, -0.1) is 0 Å². The van der Waals surface area contributed by atoms with Gasteiger partial charge in [-0.05, 0) is 93.3 Å². The monoisotopic (exact) mass is 439 g/mol. The second-order valence-corrected chi connectivity index (χ2v) is 9.60. The third-order valence-electron chi connectivity index (χ3n) is 7.05. The molecule has 2 N–H and O–H groups in total. The van der Waals surface area contributed by atoms with Gasteiger partial charge in [-0.1, -0.05) is 48.0 Å². The third-order valence-corrected chi connectivity index (χ3v) is 7.30. The highest BCUT2D eigenvalue weighted by Crippen LogP contribution is 2.30. The Morgan fingerprint density at radius 1 is 1.03 bits per heavy atom. The Hall–Kier alpha value is -2.04. The molecule has 31 heavy (non-hydrogen) atoms. The molecule has 2 fully saturated rings. The summed E-state index contributed by atoms with van der Waals surface area (Å²) in [6, 6.07) is 17.2. The molecule has 0 bridgehead atoms. The topological polar surface area (TPSA) is 44.4 Å². The van der Waals surface area contributed by atoms with Gasteiger partial charge in [-0.2, -0.15) is 0 Å². The second-order valence-electron chi connectivity index (χ2n) is 9.17. The number of nitrogens with one attached hydrogen (secondary N) is 2. The summed E-state index contributed by atoms with van der Waals surface area (Å²) >= 11 is 6.01. The molecule has 166 valence electrons. The first-order chi connectivity index (χ1) is 15.1. The van der Waals surface area contributed by atoms with E-state index in [4.69, 9.17) is 11.6 Å². The summed E-state index contributed by atoms with van der Waals surface area (Å²) in [7, 11) is 0. The number of benzene rings is 2. The molecule has 1 aliphatic carbocycles. The van der Waals surface area contributed by atoms with Crippen LogP contribution in [0, 0.1) is 12.8 Å². The van der Waals surface area contributed by atoms with E-state index in [9.17, 15) is 4.79 Å². The summed E-state index contributed by atoms with van der Waals surface area (Å²) in [6.07, 6.45) is 7.05. The van der Waals surface area contributed by atoms with E-state index in [0.29, 0.717) is 12.6 Å². The molecule has 2 aromatic rings. The number of carbonyl (C=O) groups excluding carboxylic acids is 1. The van der Waals surface area contributed by atoms with Gasteiger partial charge in [-0.25, -0.2) is 4.79 Å². The quantitative estimate of drug-likeness (QED) is 0.639. The van der Waals surface area contributed by atoms with Gasteiger partial charge in [0.05, 0.1) is 0 Å². The molecule has 5 heteroatoms. The van der Waals surface area contributed by atoms with Gasteiger partial charge in [-0.3, -0.25) is 4.90 Å². The summed E-state index contributed by atoms with van der Waals surface area (Å²) in [6.45, 7) is 4.92. The molecule has 4 rings (SSSR count). The number of hydrogen-bond donors (Lipinski definition) is 2. The van der Waals surface area contributed by atoms with Crippen molar-refractivity contribution >= 4 is 17.6 Å². The average molecular weight is 440 g/mol. The normalized spacial score (nSPS) is 22.4. The average Bonchev–Trinajstić information content (AvgIpc) is 3.23. The van der Waals surface area contributed by atoms with E-state index in [0.717, 1.165) is 36.9 Å². The molecule has 1 saturated carbocycles. The van der Waals surface area contributed by atoms with E-state index in [1.165, 1.54) is 42.4 Å². The van der Waals surface area contributed by atoms with Crippen LogP contribution in [0.25, 0.3) is 0 Å². The molecule has 2 aliphatic rings. The number of urea groups is 1. The van der Waals surface area contributed by atoms with Gasteiger partial charge in [0.25, 0.3) is 0 Å². The lowest BCUT2D eigenvalue weighted by molar-refractivity contribution is 0.118. The van der Waals surface area contributed by atoms with Crippen molar-refractivity contribution in [3.8, 4) is 0 Å². The van der Waals surface area contributed by atoms with Crippen molar-refractivity contribution in [3.05, 3.63) is 70.2 Å². The van der Waals surface area contributed by atoms with Crippen molar-refractivity contribution in [1.82, 2.24) is 15.5 Å². The fourth-order valence-electron chi connectivity index (χ4n) is 5.19. The van der Waals surface area contributed by atoms with Gasteiger partial charge in [0.15, 0.2) is 0 Å². The summed E-state index contributed by atoms with van der Waals surface area (Å²) in [5.41, 5.74) is 3.76. The zero-order chi connectivity index (χ0) is 21.6. The summed E-state index contributed by atoms with van der Waals surface area (Å²) in [5, 5.41) is 7.13. The van der Waals surface area contributed by atoms with Crippen molar-refractivity contribution in [2.24, 2.45) is 5.92 Å². The van der Waals surface area contributed by atoms with Crippen LogP contribution in [0.4, 0.5) is 4.79 Å². The summed E-state index contributed by atoms with van der Waals surface area (Å²) in [4.78, 5) is 15.2. The first-order valence-electron chi connectivity index (χ1n) is 11.7. The Morgan fingerprint density at radius 3 is 2.52 bits per heavy atom. The first kappa shape index (κ1) is 22.2. The van der Waals surface area contributed by atoms with Crippen molar-refractivity contribution in [1.29, 1.82) is 0 Å². The number of nitrogens with zero attached hydrogens (tertiary/aromatic N) is 1. The number of carbonyl (C=O) groups is 1. The maximum absolute atomic E-state index is 12.5. The third kappa shape index (κ3) is 6.02. The predicted octanol–water partition coefficient (Wildman–Crippen LogP) is 5.32. The Bertz CT molecular complexity index is 861. The van der Waals surface area contributed by atoms with Crippen LogP contribution < -0.4 is 10.6 Å². The van der Waals surface area contributed by atoms with Gasteiger partial charge < -0.3 is 10.6 Å². The number of piperidine rings is 1. The van der Waals surface area contributed by atoms with E-state index in [2.05, 4.69) is 46.7 Å². The molecule has 0 spiro atoms. The molecule has 2 atom stereocenters. The van der Waals surface area contributed by atoms with Crippen LogP contribution in [0.1, 0.15) is 48.8 Å². The van der Waals surface area contributed by atoms with Gasteiger partial charge >= 0.3 is 6.03 Å². The maximum atomic E-state index is 12.5. The zero-order valence-electron chi connectivity index (χ0n) is 18.4. The highest BCUT2D eigenvalue weighted by atomic mass is 35.5. The van der Waals surface area contributed by atoms with Crippen molar-refractivity contribution in [3.63, 3.8) is 0 Å². The largest absolute Gasteiger partial charge is 0.334 e. The van der Waals surface area contributed by atoms with Crippen molar-refractivity contribution < 1.29 is 4.79 Å². The molecule has 1 heterocycles. The lowest BCUT2D eigenvalue weighted by Crippen LogP contribution is -2.53. The minimum Gasteiger partial charge on any atom is -0.334 e. The molecule has 1 aliphatic heterocycles. The van der Waals surface area contributed by atoms with Gasteiger partial charge in [0.1, 0.15) is 0 Å². The van der Waals surface area contributed by atoms with E-state index in [1.54, 1.807) is 0 Å². The number of amides is 2. The molecular weight excluding hydrogens is 406 g/mol. The minimum absolute atomic E-state index is 0.0437. The number of halogens is 1. The van der Waals surface area contributed by atoms with Crippen molar-refractivity contribution in [2.45, 2.75) is 64.1 Å². The van der Waals surface area contributed by atoms with E-state index in [1.807, 2.05) is 24.3 Å². The fraction of sp³-hybridized carbons (Fsp3) is 0.500. The highest BCUT2D eigenvalue weighted by molar-refractivity contribution is 6.30. The standard InChI is InChI=1S/C26H34ClN3O/c1-19-5-2-3-6-22(19)18-28-26(31)29-24-7-4-8-25(24)30-15-13-21(14-16-30)17-20-9-11-23(27)12-10-20/h2-3,5-6,9-12,21,24-25H,4,7-8,13-18H2,1H3,(H2,28,29,31)/t24-,25-/m1/s1. The molecule has 2 amide bonds.